The van der Waals surface area contributed by atoms with Crippen LogP contribution in [-0.2, 0) is 6.54 Å². The molecule has 2 aliphatic rings. The van der Waals surface area contributed by atoms with Crippen LogP contribution < -0.4 is 10.9 Å². The van der Waals surface area contributed by atoms with E-state index in [4.69, 9.17) is 0 Å². The lowest BCUT2D eigenvalue weighted by atomic mass is 9.95. The Morgan fingerprint density at radius 2 is 2.23 bits per heavy atom. The summed E-state index contributed by atoms with van der Waals surface area (Å²) in [5.41, 5.74) is 0.744. The summed E-state index contributed by atoms with van der Waals surface area (Å²) in [6.07, 6.45) is 4.19. The SMILES string of the molecule is Cc1nc2n(C[C@H]3C[C@H]4C[C@@H]3CN4)cc(-c3cccc(F)c3)c(=O)n2n1. The van der Waals surface area contributed by atoms with E-state index < -0.39 is 0 Å². The molecule has 0 spiro atoms. The molecule has 1 aliphatic heterocycles. The molecule has 0 unspecified atom stereocenters. The minimum atomic E-state index is -0.359. The third kappa shape index (κ3) is 2.46. The molecule has 6 nitrogen and oxygen atoms in total. The predicted octanol–water partition coefficient (Wildman–Crippen LogP) is 2.00. The normalized spacial score (nSPS) is 24.6. The zero-order chi connectivity index (χ0) is 17.8. The van der Waals surface area contributed by atoms with Crippen molar-refractivity contribution in [1.29, 1.82) is 0 Å². The van der Waals surface area contributed by atoms with E-state index in [0.29, 0.717) is 40.6 Å². The Hall–Kier alpha value is -2.54. The molecule has 3 heterocycles. The number of nitrogens with one attached hydrogen (secondary N) is 1. The van der Waals surface area contributed by atoms with Crippen molar-refractivity contribution >= 4 is 5.78 Å². The van der Waals surface area contributed by atoms with E-state index in [1.54, 1.807) is 19.1 Å². The van der Waals surface area contributed by atoms with Crippen LogP contribution in [0, 0.1) is 24.6 Å². The van der Waals surface area contributed by atoms with Gasteiger partial charge in [-0.15, -0.1) is 5.10 Å². The smallest absolute Gasteiger partial charge is 0.283 e. The third-order valence-corrected chi connectivity index (χ3v) is 5.74. The number of benzene rings is 1. The van der Waals surface area contributed by atoms with Gasteiger partial charge in [-0.25, -0.2) is 4.39 Å². The van der Waals surface area contributed by atoms with Crippen LogP contribution in [0.25, 0.3) is 16.9 Å². The first-order valence-corrected chi connectivity index (χ1v) is 9.04. The lowest BCUT2D eigenvalue weighted by Gasteiger charge is -2.23. The number of hydrogen-bond donors (Lipinski definition) is 1. The molecule has 3 atom stereocenters. The van der Waals surface area contributed by atoms with Crippen LogP contribution in [0.3, 0.4) is 0 Å². The summed E-state index contributed by atoms with van der Waals surface area (Å²) in [7, 11) is 0. The minimum absolute atomic E-state index is 0.267. The Bertz CT molecular complexity index is 1060. The van der Waals surface area contributed by atoms with Gasteiger partial charge < -0.3 is 9.88 Å². The first-order valence-electron chi connectivity index (χ1n) is 9.04. The minimum Gasteiger partial charge on any atom is -0.316 e. The van der Waals surface area contributed by atoms with Crippen LogP contribution in [0.5, 0.6) is 0 Å². The van der Waals surface area contributed by atoms with Gasteiger partial charge in [-0.3, -0.25) is 4.79 Å². The maximum absolute atomic E-state index is 13.7. The summed E-state index contributed by atoms with van der Waals surface area (Å²) in [6, 6.07) is 6.75. The van der Waals surface area contributed by atoms with E-state index in [-0.39, 0.29) is 11.4 Å². The van der Waals surface area contributed by atoms with Gasteiger partial charge in [0.1, 0.15) is 11.6 Å². The van der Waals surface area contributed by atoms with Gasteiger partial charge in [-0.1, -0.05) is 12.1 Å². The Balaban J connectivity index is 1.64. The molecule has 0 amide bonds. The number of hydrogen-bond acceptors (Lipinski definition) is 4. The number of aryl methyl sites for hydroxylation is 1. The second kappa shape index (κ2) is 5.74. The van der Waals surface area contributed by atoms with Crippen LogP contribution in [0.4, 0.5) is 4.39 Å². The molecule has 5 rings (SSSR count). The Morgan fingerprint density at radius 1 is 1.35 bits per heavy atom. The molecule has 2 fully saturated rings. The summed E-state index contributed by atoms with van der Waals surface area (Å²) in [4.78, 5) is 17.3. The maximum atomic E-state index is 13.7. The van der Waals surface area contributed by atoms with Gasteiger partial charge in [0, 0.05) is 18.8 Å². The van der Waals surface area contributed by atoms with Gasteiger partial charge in [0.05, 0.1) is 5.56 Å². The van der Waals surface area contributed by atoms with Crippen molar-refractivity contribution in [2.24, 2.45) is 11.8 Å². The van der Waals surface area contributed by atoms with Crippen molar-refractivity contribution in [3.05, 3.63) is 52.5 Å². The molecule has 1 N–H and O–H groups in total. The molecule has 3 aromatic rings. The van der Waals surface area contributed by atoms with Crippen LogP contribution in [0.1, 0.15) is 18.7 Å². The highest BCUT2D eigenvalue weighted by atomic mass is 19.1. The molecule has 1 saturated carbocycles. The number of fused-ring (bicyclic) bond motifs is 3. The standard InChI is InChI=1S/C19H20FN5O/c1-11-22-19-24(9-14-7-16-6-13(14)8-21-16)10-17(18(26)25(19)23-11)12-3-2-4-15(20)5-12/h2-5,10,13-14,16,21H,6-9H2,1H3/t13-,14-,16-/m1/s1. The van der Waals surface area contributed by atoms with Crippen molar-refractivity contribution in [2.75, 3.05) is 6.54 Å². The number of aromatic nitrogens is 4. The van der Waals surface area contributed by atoms with Gasteiger partial charge >= 0.3 is 0 Å². The van der Waals surface area contributed by atoms with Crippen molar-refractivity contribution in [3.63, 3.8) is 0 Å². The molecule has 26 heavy (non-hydrogen) atoms. The summed E-state index contributed by atoms with van der Waals surface area (Å²) in [5, 5.41) is 7.80. The van der Waals surface area contributed by atoms with E-state index in [1.165, 1.54) is 23.1 Å². The second-order valence-electron chi connectivity index (χ2n) is 7.48. The van der Waals surface area contributed by atoms with E-state index in [9.17, 15) is 9.18 Å². The quantitative estimate of drug-likeness (QED) is 0.782. The van der Waals surface area contributed by atoms with Gasteiger partial charge in [0.2, 0.25) is 5.78 Å². The topological polar surface area (TPSA) is 64.2 Å². The largest absolute Gasteiger partial charge is 0.316 e. The van der Waals surface area contributed by atoms with Crippen LogP contribution in [-0.4, -0.2) is 31.8 Å². The molecule has 1 aromatic carbocycles. The Morgan fingerprint density at radius 3 is 2.96 bits per heavy atom. The highest BCUT2D eigenvalue weighted by Crippen LogP contribution is 2.37. The molecule has 1 saturated heterocycles. The highest BCUT2D eigenvalue weighted by molar-refractivity contribution is 5.62. The molecular formula is C19H20FN5O. The van der Waals surface area contributed by atoms with Gasteiger partial charge in [0.15, 0.2) is 0 Å². The summed E-state index contributed by atoms with van der Waals surface area (Å²) in [6.45, 7) is 3.64. The molecule has 2 aromatic heterocycles. The first-order chi connectivity index (χ1) is 12.6. The average molecular weight is 353 g/mol. The monoisotopic (exact) mass is 353 g/mol. The summed E-state index contributed by atoms with van der Waals surface area (Å²) < 4.78 is 17.1. The number of rotatable bonds is 3. The highest BCUT2D eigenvalue weighted by Gasteiger charge is 2.39. The number of piperidine rings is 1. The Labute approximate surface area is 149 Å². The molecule has 2 bridgehead atoms. The van der Waals surface area contributed by atoms with Crippen molar-refractivity contribution in [2.45, 2.75) is 32.4 Å². The summed E-state index contributed by atoms with van der Waals surface area (Å²) in [5.74, 6) is 1.98. The van der Waals surface area contributed by atoms with Crippen LogP contribution in [0.15, 0.2) is 35.3 Å². The van der Waals surface area contributed by atoms with Gasteiger partial charge in [-0.05, 0) is 55.8 Å². The van der Waals surface area contributed by atoms with Crippen LogP contribution in [0.2, 0.25) is 0 Å². The third-order valence-electron chi connectivity index (χ3n) is 5.74. The Kier molecular flexibility index (Phi) is 3.46. The fraction of sp³-hybridized carbons (Fsp3) is 0.421. The molecule has 134 valence electrons. The summed E-state index contributed by atoms with van der Waals surface area (Å²) >= 11 is 0. The molecule has 7 heteroatoms. The molecular weight excluding hydrogens is 333 g/mol. The van der Waals surface area contributed by atoms with E-state index in [0.717, 1.165) is 19.5 Å². The van der Waals surface area contributed by atoms with Crippen LogP contribution >= 0.6 is 0 Å². The lowest BCUT2D eigenvalue weighted by Crippen LogP contribution is -2.32. The van der Waals surface area contributed by atoms with Crippen molar-refractivity contribution < 1.29 is 4.39 Å². The van der Waals surface area contributed by atoms with Crippen molar-refractivity contribution in [3.8, 4) is 11.1 Å². The molecule has 1 aliphatic carbocycles. The fourth-order valence-electron chi connectivity index (χ4n) is 4.52. The second-order valence-corrected chi connectivity index (χ2v) is 7.48. The molecule has 0 radical (unpaired) electrons. The number of nitrogens with zero attached hydrogens (tertiary/aromatic N) is 4. The zero-order valence-corrected chi connectivity index (χ0v) is 14.5. The average Bonchev–Trinajstić information content (AvgIpc) is 3.32. The number of halogens is 1. The predicted molar refractivity (Wildman–Crippen MR) is 95.4 cm³/mol. The first kappa shape index (κ1) is 15.7. The van der Waals surface area contributed by atoms with Gasteiger partial charge in [0.25, 0.3) is 5.56 Å². The van der Waals surface area contributed by atoms with Crippen molar-refractivity contribution in [1.82, 2.24) is 24.5 Å². The fourth-order valence-corrected chi connectivity index (χ4v) is 4.52. The zero-order valence-electron chi connectivity index (χ0n) is 14.5. The lowest BCUT2D eigenvalue weighted by molar-refractivity contribution is 0.312. The van der Waals surface area contributed by atoms with Gasteiger partial charge in [-0.2, -0.15) is 9.50 Å². The van der Waals surface area contributed by atoms with E-state index >= 15 is 0 Å². The van der Waals surface area contributed by atoms with E-state index in [2.05, 4.69) is 15.4 Å². The maximum Gasteiger partial charge on any atom is 0.283 e. The van der Waals surface area contributed by atoms with E-state index in [1.807, 2.05) is 10.8 Å².